The van der Waals surface area contributed by atoms with Gasteiger partial charge in [-0.15, -0.1) is 0 Å². The van der Waals surface area contributed by atoms with E-state index < -0.39 is 26.2 Å². The minimum atomic E-state index is -3.96. The van der Waals surface area contributed by atoms with Crippen molar-refractivity contribution in [3.8, 4) is 0 Å². The van der Waals surface area contributed by atoms with Gasteiger partial charge in [0.2, 0.25) is 10.0 Å². The molecule has 118 valence electrons. The van der Waals surface area contributed by atoms with Crippen molar-refractivity contribution in [2.45, 2.75) is 51.5 Å². The molecular formula is C14H22N2O4S. The Morgan fingerprint density at radius 1 is 1.14 bits per heavy atom. The first-order chi connectivity index (χ1) is 9.34. The fourth-order valence-electron chi connectivity index (χ4n) is 2.62. The highest BCUT2D eigenvalue weighted by molar-refractivity contribution is 7.89. The van der Waals surface area contributed by atoms with Gasteiger partial charge in [-0.1, -0.05) is 32.9 Å². The molecule has 0 saturated heterocycles. The van der Waals surface area contributed by atoms with E-state index in [-0.39, 0.29) is 10.3 Å². The zero-order valence-corrected chi connectivity index (χ0v) is 13.8. The number of hydrogen-bond acceptors (Lipinski definition) is 4. The van der Waals surface area contributed by atoms with Crippen molar-refractivity contribution in [2.75, 3.05) is 0 Å². The summed E-state index contributed by atoms with van der Waals surface area (Å²) in [5, 5.41) is 11.0. The molecule has 0 atom stereocenters. The molecule has 0 aliphatic heterocycles. The third-order valence-electron chi connectivity index (χ3n) is 2.73. The Labute approximate surface area is 125 Å². The van der Waals surface area contributed by atoms with Gasteiger partial charge < -0.3 is 0 Å². The summed E-state index contributed by atoms with van der Waals surface area (Å²) >= 11 is 0. The van der Waals surface area contributed by atoms with Gasteiger partial charge in [0.15, 0.2) is 4.90 Å². The number of benzene rings is 1. The first-order valence-electron chi connectivity index (χ1n) is 6.61. The van der Waals surface area contributed by atoms with Crippen LogP contribution in [-0.4, -0.2) is 18.9 Å². The largest absolute Gasteiger partial charge is 0.289 e. The Balaban J connectivity index is 3.16. The molecular weight excluding hydrogens is 292 g/mol. The molecule has 0 unspecified atom stereocenters. The van der Waals surface area contributed by atoms with Gasteiger partial charge >= 0.3 is 0 Å². The highest BCUT2D eigenvalue weighted by atomic mass is 32.2. The van der Waals surface area contributed by atoms with Crippen molar-refractivity contribution < 1.29 is 13.3 Å². The Bertz CT molecular complexity index is 631. The van der Waals surface area contributed by atoms with Gasteiger partial charge in [-0.2, -0.15) is 0 Å². The highest BCUT2D eigenvalue weighted by Crippen LogP contribution is 2.30. The van der Waals surface area contributed by atoms with Crippen molar-refractivity contribution >= 4 is 15.7 Å². The Morgan fingerprint density at radius 3 is 2.14 bits per heavy atom. The van der Waals surface area contributed by atoms with E-state index in [1.165, 1.54) is 24.3 Å². The van der Waals surface area contributed by atoms with Gasteiger partial charge in [0.25, 0.3) is 5.69 Å². The van der Waals surface area contributed by atoms with Gasteiger partial charge in [0.05, 0.1) is 4.92 Å². The molecule has 0 saturated carbocycles. The van der Waals surface area contributed by atoms with E-state index in [0.29, 0.717) is 6.42 Å². The standard InChI is InChI=1S/C14H22N2O4S/c1-13(2,3)10-14(4,5)15-21(19,20)12-9-7-6-8-11(12)16(17)18/h6-9,15H,10H2,1-5H3. The van der Waals surface area contributed by atoms with Gasteiger partial charge in [-0.25, -0.2) is 13.1 Å². The lowest BCUT2D eigenvalue weighted by atomic mass is 9.82. The minimum absolute atomic E-state index is 0.0748. The summed E-state index contributed by atoms with van der Waals surface area (Å²) in [5.41, 5.74) is -1.20. The predicted molar refractivity (Wildman–Crippen MR) is 81.6 cm³/mol. The Kier molecular flexibility index (Phi) is 4.80. The first-order valence-corrected chi connectivity index (χ1v) is 8.10. The van der Waals surface area contributed by atoms with Crippen LogP contribution in [0.2, 0.25) is 0 Å². The third kappa shape index (κ3) is 5.09. The van der Waals surface area contributed by atoms with Gasteiger partial charge in [0, 0.05) is 11.6 Å². The minimum Gasteiger partial charge on any atom is -0.258 e. The number of nitrogens with one attached hydrogen (secondary N) is 1. The fourth-order valence-corrected chi connectivity index (χ4v) is 4.20. The lowest BCUT2D eigenvalue weighted by Gasteiger charge is -2.32. The summed E-state index contributed by atoms with van der Waals surface area (Å²) in [4.78, 5) is 9.98. The lowest BCUT2D eigenvalue weighted by Crippen LogP contribution is -2.45. The molecule has 0 fully saturated rings. The summed E-state index contributed by atoms with van der Waals surface area (Å²) in [6.07, 6.45) is 0.597. The molecule has 0 amide bonds. The Hall–Kier alpha value is -1.47. The monoisotopic (exact) mass is 314 g/mol. The smallest absolute Gasteiger partial charge is 0.258 e. The molecule has 0 aromatic heterocycles. The maximum Gasteiger partial charge on any atom is 0.289 e. The SMILES string of the molecule is CC(C)(C)CC(C)(C)NS(=O)(=O)c1ccccc1[N+](=O)[O-]. The number of rotatable bonds is 5. The topological polar surface area (TPSA) is 89.3 Å². The molecule has 6 nitrogen and oxygen atoms in total. The summed E-state index contributed by atoms with van der Waals surface area (Å²) in [6.45, 7) is 9.56. The number of nitro benzene ring substituents is 1. The van der Waals surface area contributed by atoms with Crippen LogP contribution in [-0.2, 0) is 10.0 Å². The predicted octanol–water partition coefficient (Wildman–Crippen LogP) is 3.09. The second kappa shape index (κ2) is 5.73. The third-order valence-corrected chi connectivity index (χ3v) is 4.48. The average Bonchev–Trinajstić information content (AvgIpc) is 2.23. The molecule has 0 aliphatic carbocycles. The summed E-state index contributed by atoms with van der Waals surface area (Å²) < 4.78 is 27.5. The molecule has 0 aliphatic rings. The maximum absolute atomic E-state index is 12.4. The number of nitrogens with zero attached hydrogens (tertiary/aromatic N) is 1. The number of para-hydroxylation sites is 1. The second-order valence-corrected chi connectivity index (χ2v) is 8.60. The normalized spacial score (nSPS) is 13.2. The quantitative estimate of drug-likeness (QED) is 0.668. The molecule has 0 heterocycles. The zero-order chi connectivity index (χ0) is 16.5. The van der Waals surface area contributed by atoms with Crippen LogP contribution in [0.5, 0.6) is 0 Å². The number of nitro groups is 1. The van der Waals surface area contributed by atoms with Crippen molar-refractivity contribution in [2.24, 2.45) is 5.41 Å². The first kappa shape index (κ1) is 17.6. The van der Waals surface area contributed by atoms with Crippen LogP contribution in [0, 0.1) is 15.5 Å². The van der Waals surface area contributed by atoms with Crippen molar-refractivity contribution in [3.63, 3.8) is 0 Å². The lowest BCUT2D eigenvalue weighted by molar-refractivity contribution is -0.387. The van der Waals surface area contributed by atoms with E-state index in [2.05, 4.69) is 4.72 Å². The van der Waals surface area contributed by atoms with Gasteiger partial charge in [-0.3, -0.25) is 10.1 Å². The average molecular weight is 314 g/mol. The summed E-state index contributed by atoms with van der Waals surface area (Å²) in [7, 11) is -3.96. The van der Waals surface area contributed by atoms with Crippen LogP contribution in [0.3, 0.4) is 0 Å². The summed E-state index contributed by atoms with van der Waals surface area (Å²) in [5.74, 6) is 0. The number of sulfonamides is 1. The van der Waals surface area contributed by atoms with E-state index >= 15 is 0 Å². The Morgan fingerprint density at radius 2 is 1.67 bits per heavy atom. The van der Waals surface area contributed by atoms with E-state index in [4.69, 9.17) is 0 Å². The van der Waals surface area contributed by atoms with Crippen LogP contribution in [0.4, 0.5) is 5.69 Å². The summed E-state index contributed by atoms with van der Waals surface area (Å²) in [6, 6.07) is 5.34. The molecule has 0 bridgehead atoms. The van der Waals surface area contributed by atoms with Crippen molar-refractivity contribution in [1.29, 1.82) is 0 Å². The fraction of sp³-hybridized carbons (Fsp3) is 0.571. The van der Waals surface area contributed by atoms with E-state index in [1.54, 1.807) is 13.8 Å². The molecule has 1 N–H and O–H groups in total. The highest BCUT2D eigenvalue weighted by Gasteiger charge is 2.33. The van der Waals surface area contributed by atoms with Crippen LogP contribution in [0.15, 0.2) is 29.2 Å². The van der Waals surface area contributed by atoms with Crippen LogP contribution >= 0.6 is 0 Å². The van der Waals surface area contributed by atoms with E-state index in [9.17, 15) is 18.5 Å². The van der Waals surface area contributed by atoms with Crippen molar-refractivity contribution in [1.82, 2.24) is 4.72 Å². The van der Waals surface area contributed by atoms with Crippen LogP contribution in [0.25, 0.3) is 0 Å². The van der Waals surface area contributed by atoms with E-state index in [0.717, 1.165) is 0 Å². The molecule has 21 heavy (non-hydrogen) atoms. The molecule has 0 spiro atoms. The zero-order valence-electron chi connectivity index (χ0n) is 13.0. The molecule has 7 heteroatoms. The van der Waals surface area contributed by atoms with Gasteiger partial charge in [0.1, 0.15) is 0 Å². The molecule has 1 aromatic carbocycles. The maximum atomic E-state index is 12.4. The molecule has 1 rings (SSSR count). The number of hydrogen-bond donors (Lipinski definition) is 1. The van der Waals surface area contributed by atoms with Crippen LogP contribution in [0.1, 0.15) is 41.0 Å². The second-order valence-electron chi connectivity index (χ2n) is 6.95. The van der Waals surface area contributed by atoms with Crippen molar-refractivity contribution in [3.05, 3.63) is 34.4 Å². The van der Waals surface area contributed by atoms with Crippen LogP contribution < -0.4 is 4.72 Å². The molecule has 1 aromatic rings. The molecule has 0 radical (unpaired) electrons. The van der Waals surface area contributed by atoms with Gasteiger partial charge in [-0.05, 0) is 31.7 Å². The van der Waals surface area contributed by atoms with E-state index in [1.807, 2.05) is 20.8 Å².